The topological polar surface area (TPSA) is 110 Å². The van der Waals surface area contributed by atoms with Crippen LogP contribution in [-0.4, -0.2) is 34.7 Å². The molecule has 3 N–H and O–H groups in total. The molecule has 1 aromatic heterocycles. The smallest absolute Gasteiger partial charge is 0.330 e. The number of H-pyrrole nitrogens is 1. The van der Waals surface area contributed by atoms with Gasteiger partial charge < -0.3 is 15.4 Å². The number of rotatable bonds is 12. The van der Waals surface area contributed by atoms with E-state index >= 15 is 0 Å². The van der Waals surface area contributed by atoms with E-state index in [2.05, 4.69) is 4.98 Å². The number of unbranched alkanes of at least 4 members (excludes halogenated alkanes) is 2. The number of carbonyl (C=O) groups excluding carboxylic acids is 1. The number of nitrogens with zero attached hydrogens (tertiary/aromatic N) is 2. The number of anilines is 2. The van der Waals surface area contributed by atoms with Crippen molar-refractivity contribution >= 4 is 17.4 Å². The molecule has 0 aliphatic rings. The monoisotopic (exact) mass is 396 g/mol. The number of nitrogen functional groups attached to an aromatic ring is 1. The van der Waals surface area contributed by atoms with Crippen LogP contribution in [0.4, 0.5) is 11.5 Å². The van der Waals surface area contributed by atoms with Gasteiger partial charge in [0, 0.05) is 19.7 Å². The van der Waals surface area contributed by atoms with Gasteiger partial charge in [-0.25, -0.2) is 4.79 Å². The van der Waals surface area contributed by atoms with Gasteiger partial charge in [-0.3, -0.25) is 19.1 Å². The Bertz CT molecular complexity index is 739. The molecule has 1 amide bonds. The first kappa shape index (κ1) is 23.9. The molecular weight excluding hydrogens is 360 g/mol. The number of ether oxygens (including phenoxy) is 1. The molecule has 0 aliphatic heterocycles. The average Bonchev–Trinajstić information content (AvgIpc) is 2.63. The Morgan fingerprint density at radius 1 is 1.18 bits per heavy atom. The van der Waals surface area contributed by atoms with Crippen molar-refractivity contribution in [2.45, 2.75) is 79.4 Å². The van der Waals surface area contributed by atoms with Crippen LogP contribution >= 0.6 is 0 Å². The molecule has 1 atom stereocenters. The van der Waals surface area contributed by atoms with Crippen molar-refractivity contribution in [3.05, 3.63) is 20.8 Å². The van der Waals surface area contributed by atoms with Crippen LogP contribution in [0.2, 0.25) is 0 Å². The van der Waals surface area contributed by atoms with E-state index in [-0.39, 0.29) is 17.4 Å². The van der Waals surface area contributed by atoms with Crippen molar-refractivity contribution in [1.82, 2.24) is 9.55 Å². The van der Waals surface area contributed by atoms with E-state index < -0.39 is 17.4 Å². The lowest BCUT2D eigenvalue weighted by molar-refractivity contribution is -0.129. The minimum Gasteiger partial charge on any atom is -0.383 e. The zero-order valence-corrected chi connectivity index (χ0v) is 17.9. The van der Waals surface area contributed by atoms with Gasteiger partial charge in [0.15, 0.2) is 5.69 Å². The fourth-order valence-electron chi connectivity index (χ4n) is 2.79. The maximum absolute atomic E-state index is 13.1. The van der Waals surface area contributed by atoms with Crippen LogP contribution in [0.3, 0.4) is 0 Å². The Kier molecular flexibility index (Phi) is 9.99. The van der Waals surface area contributed by atoms with Crippen LogP contribution in [-0.2, 0) is 16.1 Å². The standard InChI is InChI=1S/C20H36N4O4/c1-6-8-11-24-17(21)16(18(25)22-20(24)27)23(12-10-14(3)4)19(26)15(5)28-13-9-7-2/h14-15H,6-13,21H2,1-5H3,(H,22,25,27). The van der Waals surface area contributed by atoms with Gasteiger partial charge in [-0.05, 0) is 32.1 Å². The van der Waals surface area contributed by atoms with Crippen molar-refractivity contribution in [1.29, 1.82) is 0 Å². The lowest BCUT2D eigenvalue weighted by Crippen LogP contribution is -2.45. The van der Waals surface area contributed by atoms with Crippen molar-refractivity contribution in [3.8, 4) is 0 Å². The van der Waals surface area contributed by atoms with Crippen LogP contribution in [0.15, 0.2) is 9.59 Å². The zero-order chi connectivity index (χ0) is 21.3. The molecule has 1 rings (SSSR count). The first-order valence-electron chi connectivity index (χ1n) is 10.3. The predicted octanol–water partition coefficient (Wildman–Crippen LogP) is 2.50. The van der Waals surface area contributed by atoms with Crippen molar-refractivity contribution in [2.24, 2.45) is 5.92 Å². The summed E-state index contributed by atoms with van der Waals surface area (Å²) < 4.78 is 6.97. The van der Waals surface area contributed by atoms with Gasteiger partial charge in [0.1, 0.15) is 11.9 Å². The van der Waals surface area contributed by atoms with E-state index in [1.165, 1.54) is 9.47 Å². The number of nitrogens with two attached hydrogens (primary N) is 1. The lowest BCUT2D eigenvalue weighted by Gasteiger charge is -2.27. The molecule has 8 heteroatoms. The predicted molar refractivity (Wildman–Crippen MR) is 113 cm³/mol. The Morgan fingerprint density at radius 2 is 1.82 bits per heavy atom. The molecule has 0 saturated carbocycles. The fourth-order valence-corrected chi connectivity index (χ4v) is 2.79. The van der Waals surface area contributed by atoms with Crippen LogP contribution in [0.25, 0.3) is 0 Å². The molecule has 0 fully saturated rings. The molecule has 8 nitrogen and oxygen atoms in total. The van der Waals surface area contributed by atoms with E-state index in [0.29, 0.717) is 32.0 Å². The Labute approximate surface area is 167 Å². The molecule has 0 radical (unpaired) electrons. The first-order chi connectivity index (χ1) is 13.2. The second-order valence-corrected chi connectivity index (χ2v) is 7.54. The van der Waals surface area contributed by atoms with E-state index in [4.69, 9.17) is 10.5 Å². The van der Waals surface area contributed by atoms with Crippen molar-refractivity contribution in [3.63, 3.8) is 0 Å². The number of aromatic amines is 1. The molecule has 0 bridgehead atoms. The van der Waals surface area contributed by atoms with E-state index in [1.807, 2.05) is 27.7 Å². The molecule has 0 aliphatic carbocycles. The molecule has 1 heterocycles. The fraction of sp³-hybridized carbons (Fsp3) is 0.750. The molecule has 0 saturated heterocycles. The van der Waals surface area contributed by atoms with Gasteiger partial charge in [-0.1, -0.05) is 40.5 Å². The third kappa shape index (κ3) is 6.51. The number of nitrogens with one attached hydrogen (secondary N) is 1. The Balaban J connectivity index is 3.31. The van der Waals surface area contributed by atoms with Crippen LogP contribution in [0.1, 0.15) is 66.7 Å². The van der Waals surface area contributed by atoms with Gasteiger partial charge in [0.05, 0.1) is 0 Å². The Morgan fingerprint density at radius 3 is 2.39 bits per heavy atom. The molecule has 160 valence electrons. The number of hydrogen-bond donors (Lipinski definition) is 2. The molecule has 0 aromatic carbocycles. The van der Waals surface area contributed by atoms with Crippen molar-refractivity contribution in [2.75, 3.05) is 23.8 Å². The van der Waals surface area contributed by atoms with Gasteiger partial charge in [0.25, 0.3) is 11.5 Å². The number of carbonyl (C=O) groups is 1. The summed E-state index contributed by atoms with van der Waals surface area (Å²) in [7, 11) is 0. The normalized spacial score (nSPS) is 12.4. The zero-order valence-electron chi connectivity index (χ0n) is 17.9. The third-order valence-corrected chi connectivity index (χ3v) is 4.63. The minimum atomic E-state index is -0.700. The highest BCUT2D eigenvalue weighted by Gasteiger charge is 2.28. The first-order valence-corrected chi connectivity index (χ1v) is 10.3. The molecule has 0 spiro atoms. The summed E-state index contributed by atoms with van der Waals surface area (Å²) in [6.07, 6.45) is 3.43. The van der Waals surface area contributed by atoms with Crippen molar-refractivity contribution < 1.29 is 9.53 Å². The summed E-state index contributed by atoms with van der Waals surface area (Å²) in [5.74, 6) is 0.0348. The number of amides is 1. The van der Waals surface area contributed by atoms with Crippen LogP contribution in [0, 0.1) is 5.92 Å². The van der Waals surface area contributed by atoms with Crippen LogP contribution < -0.4 is 21.9 Å². The van der Waals surface area contributed by atoms with Gasteiger partial charge >= 0.3 is 5.69 Å². The SMILES string of the molecule is CCCCOC(C)C(=O)N(CCC(C)C)c1c(N)n(CCCC)c(=O)[nH]c1=O. The Hall–Kier alpha value is -2.09. The van der Waals surface area contributed by atoms with Gasteiger partial charge in [-0.15, -0.1) is 0 Å². The largest absolute Gasteiger partial charge is 0.383 e. The second kappa shape index (κ2) is 11.7. The summed E-state index contributed by atoms with van der Waals surface area (Å²) in [6, 6.07) is 0. The van der Waals surface area contributed by atoms with Gasteiger partial charge in [-0.2, -0.15) is 0 Å². The quantitative estimate of drug-likeness (QED) is 0.527. The summed E-state index contributed by atoms with van der Waals surface area (Å²) in [5.41, 5.74) is 5.04. The molecular formula is C20H36N4O4. The van der Waals surface area contributed by atoms with E-state index in [9.17, 15) is 14.4 Å². The van der Waals surface area contributed by atoms with E-state index in [1.54, 1.807) is 6.92 Å². The minimum absolute atomic E-state index is 0.0278. The highest BCUT2D eigenvalue weighted by atomic mass is 16.5. The second-order valence-electron chi connectivity index (χ2n) is 7.54. The summed E-state index contributed by atoms with van der Waals surface area (Å²) in [6.45, 7) is 11.0. The molecule has 1 unspecified atom stereocenters. The third-order valence-electron chi connectivity index (χ3n) is 4.63. The van der Waals surface area contributed by atoms with E-state index in [0.717, 1.165) is 25.7 Å². The highest BCUT2D eigenvalue weighted by molar-refractivity contribution is 5.98. The molecule has 1 aromatic rings. The number of aromatic nitrogens is 2. The number of hydrogen-bond acceptors (Lipinski definition) is 5. The maximum Gasteiger partial charge on any atom is 0.330 e. The average molecular weight is 397 g/mol. The van der Waals surface area contributed by atoms with Crippen LogP contribution in [0.5, 0.6) is 0 Å². The summed E-state index contributed by atoms with van der Waals surface area (Å²) >= 11 is 0. The summed E-state index contributed by atoms with van der Waals surface area (Å²) in [5, 5.41) is 0. The maximum atomic E-state index is 13.1. The summed E-state index contributed by atoms with van der Waals surface area (Å²) in [4.78, 5) is 41.5. The lowest BCUT2D eigenvalue weighted by atomic mass is 10.1. The molecule has 28 heavy (non-hydrogen) atoms. The highest BCUT2D eigenvalue weighted by Crippen LogP contribution is 2.20. The van der Waals surface area contributed by atoms with Gasteiger partial charge in [0.2, 0.25) is 0 Å².